The summed E-state index contributed by atoms with van der Waals surface area (Å²) in [5.41, 5.74) is 4.10. The molecule has 2 aromatic carbocycles. The van der Waals surface area contributed by atoms with Crippen LogP contribution in [0.25, 0.3) is 22.4 Å². The van der Waals surface area contributed by atoms with Crippen molar-refractivity contribution in [1.29, 1.82) is 0 Å². The van der Waals surface area contributed by atoms with E-state index in [9.17, 15) is 0 Å². The Kier molecular flexibility index (Phi) is 3.36. The zero-order valence-electron chi connectivity index (χ0n) is 10.0. The normalized spacial score (nSPS) is 10.6. The van der Waals surface area contributed by atoms with E-state index in [4.69, 9.17) is 0 Å². The predicted molar refractivity (Wildman–Crippen MR) is 84.0 cm³/mol. The van der Waals surface area contributed by atoms with Crippen molar-refractivity contribution in [2.45, 2.75) is 9.79 Å². The highest BCUT2D eigenvalue weighted by Crippen LogP contribution is 2.35. The van der Waals surface area contributed by atoms with Crippen molar-refractivity contribution in [3.8, 4) is 22.4 Å². The zero-order chi connectivity index (χ0) is 13.2. The summed E-state index contributed by atoms with van der Waals surface area (Å²) in [6, 6.07) is 15.9. The second-order valence-corrected chi connectivity index (χ2v) is 5.16. The van der Waals surface area contributed by atoms with Crippen molar-refractivity contribution in [2.75, 3.05) is 0 Å². The van der Waals surface area contributed by atoms with E-state index < -0.39 is 0 Å². The number of rotatable bonds is 2. The standard InChI is InChI=1S/C15H12N2S2/c18-13-7-3-1-5-10(13)12-9-16-17-15(12)11-6-2-4-8-14(11)19/h1-9,18-19H,(H,16,17). The minimum atomic E-state index is 0.921. The van der Waals surface area contributed by atoms with Gasteiger partial charge in [-0.3, -0.25) is 5.10 Å². The summed E-state index contributed by atoms with van der Waals surface area (Å²) in [7, 11) is 0. The molecule has 0 spiro atoms. The first kappa shape index (κ1) is 12.4. The summed E-state index contributed by atoms with van der Waals surface area (Å²) in [4.78, 5) is 1.85. The fraction of sp³-hybridized carbons (Fsp3) is 0. The summed E-state index contributed by atoms with van der Waals surface area (Å²) < 4.78 is 0. The van der Waals surface area contributed by atoms with Crippen molar-refractivity contribution < 1.29 is 0 Å². The van der Waals surface area contributed by atoms with Crippen LogP contribution in [-0.4, -0.2) is 10.2 Å². The number of benzene rings is 2. The summed E-state index contributed by atoms with van der Waals surface area (Å²) in [5.74, 6) is 0. The Balaban J connectivity index is 2.20. The molecule has 0 saturated carbocycles. The molecule has 0 aliphatic rings. The van der Waals surface area contributed by atoms with Crippen molar-refractivity contribution in [1.82, 2.24) is 10.2 Å². The molecular weight excluding hydrogens is 272 g/mol. The quantitative estimate of drug-likeness (QED) is 0.601. The largest absolute Gasteiger partial charge is 0.277 e. The maximum Gasteiger partial charge on any atom is 0.0740 e. The van der Waals surface area contributed by atoms with E-state index in [1.165, 1.54) is 0 Å². The molecule has 1 heterocycles. The molecule has 19 heavy (non-hydrogen) atoms. The van der Waals surface area contributed by atoms with Gasteiger partial charge in [-0.1, -0.05) is 36.4 Å². The molecule has 0 aliphatic carbocycles. The van der Waals surface area contributed by atoms with Gasteiger partial charge in [-0.2, -0.15) is 5.10 Å². The van der Waals surface area contributed by atoms with Gasteiger partial charge in [0.15, 0.2) is 0 Å². The third-order valence-corrected chi connectivity index (χ3v) is 3.79. The molecule has 0 atom stereocenters. The van der Waals surface area contributed by atoms with E-state index in [0.717, 1.165) is 32.2 Å². The first-order chi connectivity index (χ1) is 9.27. The predicted octanol–water partition coefficient (Wildman–Crippen LogP) is 4.32. The lowest BCUT2D eigenvalue weighted by Crippen LogP contribution is -1.85. The Morgan fingerprint density at radius 2 is 1.32 bits per heavy atom. The van der Waals surface area contributed by atoms with E-state index in [1.54, 1.807) is 0 Å². The first-order valence-electron chi connectivity index (χ1n) is 5.87. The highest BCUT2D eigenvalue weighted by molar-refractivity contribution is 7.80. The van der Waals surface area contributed by atoms with Crippen LogP contribution < -0.4 is 0 Å². The van der Waals surface area contributed by atoms with Crippen LogP contribution in [-0.2, 0) is 0 Å². The molecule has 94 valence electrons. The van der Waals surface area contributed by atoms with Crippen LogP contribution in [0.15, 0.2) is 64.5 Å². The number of nitrogens with one attached hydrogen (secondary N) is 1. The molecule has 1 aromatic heterocycles. The molecule has 0 radical (unpaired) electrons. The fourth-order valence-electron chi connectivity index (χ4n) is 2.08. The van der Waals surface area contributed by atoms with Gasteiger partial charge in [-0.15, -0.1) is 25.3 Å². The number of thiol groups is 2. The summed E-state index contributed by atoms with van der Waals surface area (Å²) in [5, 5.41) is 7.22. The van der Waals surface area contributed by atoms with E-state index in [1.807, 2.05) is 54.7 Å². The smallest absolute Gasteiger partial charge is 0.0740 e. The minimum Gasteiger partial charge on any atom is -0.277 e. The number of H-pyrrole nitrogens is 1. The lowest BCUT2D eigenvalue weighted by Gasteiger charge is -2.07. The average Bonchev–Trinajstić information content (AvgIpc) is 2.89. The minimum absolute atomic E-state index is 0.921. The Bertz CT molecular complexity index is 659. The van der Waals surface area contributed by atoms with Crippen LogP contribution in [0.1, 0.15) is 0 Å². The zero-order valence-corrected chi connectivity index (χ0v) is 11.8. The molecular formula is C15H12N2S2. The molecule has 0 unspecified atom stereocenters. The lowest BCUT2D eigenvalue weighted by molar-refractivity contribution is 1.09. The van der Waals surface area contributed by atoms with Gasteiger partial charge in [-0.25, -0.2) is 0 Å². The van der Waals surface area contributed by atoms with Crippen LogP contribution in [0.2, 0.25) is 0 Å². The van der Waals surface area contributed by atoms with E-state index >= 15 is 0 Å². The molecule has 0 fully saturated rings. The highest BCUT2D eigenvalue weighted by Gasteiger charge is 2.13. The second-order valence-electron chi connectivity index (χ2n) is 4.19. The SMILES string of the molecule is Sc1ccccc1-c1cn[nH]c1-c1ccccc1S. The fourth-order valence-corrected chi connectivity index (χ4v) is 2.64. The van der Waals surface area contributed by atoms with Crippen molar-refractivity contribution in [3.63, 3.8) is 0 Å². The van der Waals surface area contributed by atoms with Crippen LogP contribution >= 0.6 is 25.3 Å². The van der Waals surface area contributed by atoms with Gasteiger partial charge in [0, 0.05) is 20.9 Å². The van der Waals surface area contributed by atoms with Crippen LogP contribution in [0.3, 0.4) is 0 Å². The van der Waals surface area contributed by atoms with E-state index in [0.29, 0.717) is 0 Å². The Hall–Kier alpha value is -1.65. The average molecular weight is 284 g/mol. The Morgan fingerprint density at radius 1 is 0.737 bits per heavy atom. The maximum absolute atomic E-state index is 4.51. The maximum atomic E-state index is 4.51. The van der Waals surface area contributed by atoms with Gasteiger partial charge >= 0.3 is 0 Å². The van der Waals surface area contributed by atoms with Crippen LogP contribution in [0.4, 0.5) is 0 Å². The van der Waals surface area contributed by atoms with Gasteiger partial charge < -0.3 is 0 Å². The summed E-state index contributed by atoms with van der Waals surface area (Å²) >= 11 is 9.01. The third kappa shape index (κ3) is 2.29. The van der Waals surface area contributed by atoms with Gasteiger partial charge in [0.1, 0.15) is 0 Å². The van der Waals surface area contributed by atoms with E-state index in [-0.39, 0.29) is 0 Å². The topological polar surface area (TPSA) is 28.7 Å². The van der Waals surface area contributed by atoms with Crippen molar-refractivity contribution in [2.24, 2.45) is 0 Å². The number of nitrogens with zero attached hydrogens (tertiary/aromatic N) is 1. The molecule has 0 saturated heterocycles. The molecule has 4 heteroatoms. The second kappa shape index (κ2) is 5.15. The van der Waals surface area contributed by atoms with Crippen molar-refractivity contribution >= 4 is 25.3 Å². The number of aromatic amines is 1. The molecule has 1 N–H and O–H groups in total. The van der Waals surface area contributed by atoms with Crippen molar-refractivity contribution in [3.05, 3.63) is 54.7 Å². The number of hydrogen-bond donors (Lipinski definition) is 3. The highest BCUT2D eigenvalue weighted by atomic mass is 32.1. The molecule has 0 aliphatic heterocycles. The van der Waals surface area contributed by atoms with Gasteiger partial charge in [0.05, 0.1) is 11.9 Å². The summed E-state index contributed by atoms with van der Waals surface area (Å²) in [6.07, 6.45) is 1.82. The van der Waals surface area contributed by atoms with Gasteiger partial charge in [0.2, 0.25) is 0 Å². The lowest BCUT2D eigenvalue weighted by atomic mass is 10.0. The van der Waals surface area contributed by atoms with Gasteiger partial charge in [-0.05, 0) is 17.7 Å². The number of aromatic nitrogens is 2. The third-order valence-electron chi connectivity index (χ3n) is 3.01. The molecule has 0 bridgehead atoms. The Labute approximate surface area is 122 Å². The van der Waals surface area contributed by atoms with E-state index in [2.05, 4.69) is 35.5 Å². The first-order valence-corrected chi connectivity index (χ1v) is 6.77. The Morgan fingerprint density at radius 3 is 1.95 bits per heavy atom. The summed E-state index contributed by atoms with van der Waals surface area (Å²) in [6.45, 7) is 0. The molecule has 3 aromatic rings. The van der Waals surface area contributed by atoms with Gasteiger partial charge in [0.25, 0.3) is 0 Å². The molecule has 2 nitrogen and oxygen atoms in total. The van der Waals surface area contributed by atoms with Crippen LogP contribution in [0.5, 0.6) is 0 Å². The van der Waals surface area contributed by atoms with Crippen LogP contribution in [0, 0.1) is 0 Å². The molecule has 3 rings (SSSR count). The molecule has 0 amide bonds. The monoisotopic (exact) mass is 284 g/mol. The number of hydrogen-bond acceptors (Lipinski definition) is 3.